The van der Waals surface area contributed by atoms with Crippen LogP contribution in [0.1, 0.15) is 34.6 Å². The van der Waals surface area contributed by atoms with Gasteiger partial charge in [0.25, 0.3) is 0 Å². The summed E-state index contributed by atoms with van der Waals surface area (Å²) in [7, 11) is -1.92. The number of amides is 1. The number of hydrogen-bond acceptors (Lipinski definition) is 8. The number of carbonyl (C=O) groups excluding carboxylic acids is 2. The van der Waals surface area contributed by atoms with E-state index in [1.807, 2.05) is 91.0 Å². The monoisotopic (exact) mass is 686 g/mol. The molecule has 1 saturated heterocycles. The van der Waals surface area contributed by atoms with E-state index in [0.717, 1.165) is 58.8 Å². The van der Waals surface area contributed by atoms with E-state index in [9.17, 15) is 18.0 Å². The zero-order chi connectivity index (χ0) is 33.9. The van der Waals surface area contributed by atoms with Crippen LogP contribution in [-0.4, -0.2) is 70.8 Å². The average Bonchev–Trinajstić information content (AvgIpc) is 3.11. The number of hydrogen-bond donors (Lipinski definition) is 2. The molecule has 0 aromatic heterocycles. The summed E-state index contributed by atoms with van der Waals surface area (Å²) < 4.78 is 34.9. The number of methoxy groups -OCH3 is 1. The molecule has 0 spiro atoms. The minimum atomic E-state index is -3.22. The van der Waals surface area contributed by atoms with E-state index in [-0.39, 0.29) is 24.4 Å². The number of aryl methyl sites for hydroxylation is 1. The highest BCUT2D eigenvalue weighted by atomic mass is 32.2. The Labute approximate surface area is 287 Å². The molecule has 1 amide bonds. The molecule has 8 nitrogen and oxygen atoms in total. The number of sulfone groups is 1. The lowest BCUT2D eigenvalue weighted by Crippen LogP contribution is -2.46. The number of nitrogens with one attached hydrogen (secondary N) is 2. The first kappa shape index (κ1) is 35.3. The van der Waals surface area contributed by atoms with Gasteiger partial charge in [-0.3, -0.25) is 4.79 Å². The predicted octanol–water partition coefficient (Wildman–Crippen LogP) is 5.84. The first-order valence-electron chi connectivity index (χ1n) is 16.0. The van der Waals surface area contributed by atoms with Crippen molar-refractivity contribution in [2.24, 2.45) is 0 Å². The summed E-state index contributed by atoms with van der Waals surface area (Å²) in [4.78, 5) is 28.0. The minimum absolute atomic E-state index is 0.00926. The third-order valence-electron chi connectivity index (χ3n) is 8.49. The Hall–Kier alpha value is -3.96. The second-order valence-electron chi connectivity index (χ2n) is 12.0. The molecule has 0 aliphatic carbocycles. The van der Waals surface area contributed by atoms with Gasteiger partial charge in [0.15, 0.2) is 15.6 Å². The van der Waals surface area contributed by atoms with Crippen LogP contribution >= 0.6 is 11.8 Å². The summed E-state index contributed by atoms with van der Waals surface area (Å²) >= 11 is 1.64. The SMILES string of the molecule is COC(=O)N[C@H](C(=O)Cc1ccccc1CC[C@@H]1CNC[C@@H](CSc2ccc(S(C)(=O)=O)cc2)O1)C(c1ccccc1)c1ccccc1. The maximum atomic E-state index is 14.2. The number of ether oxygens (including phenoxy) is 2. The summed E-state index contributed by atoms with van der Waals surface area (Å²) in [6.45, 7) is 1.49. The fraction of sp³-hybridized carbons (Fsp3) is 0.316. The summed E-state index contributed by atoms with van der Waals surface area (Å²) in [5.74, 6) is 0.230. The van der Waals surface area contributed by atoms with E-state index in [4.69, 9.17) is 9.47 Å². The third-order valence-corrected chi connectivity index (χ3v) is 10.8. The molecule has 0 radical (unpaired) electrons. The standard InChI is InChI=1S/C38H42N2O6S2/c1-45-38(42)40-37(36(28-12-5-3-6-13-28)29-14-7-4-8-15-29)35(41)23-30-16-10-9-11-27(30)17-18-31-24-39-25-32(46-31)26-47-33-19-21-34(22-20-33)48(2,43)44/h3-16,19-22,31-32,36-37,39H,17-18,23-26H2,1-2H3,(H,40,42)/t31-,32+,37-/m1/s1. The molecule has 1 heterocycles. The van der Waals surface area contributed by atoms with Crippen molar-refractivity contribution >= 4 is 33.5 Å². The predicted molar refractivity (Wildman–Crippen MR) is 189 cm³/mol. The quantitative estimate of drug-likeness (QED) is 0.159. The lowest BCUT2D eigenvalue weighted by molar-refractivity contribution is -0.120. The highest BCUT2D eigenvalue weighted by Gasteiger charge is 2.33. The van der Waals surface area contributed by atoms with Crippen LogP contribution in [0, 0.1) is 0 Å². The van der Waals surface area contributed by atoms with Crippen molar-refractivity contribution in [1.29, 1.82) is 0 Å². The molecule has 0 saturated carbocycles. The van der Waals surface area contributed by atoms with Crippen LogP contribution in [0.2, 0.25) is 0 Å². The molecule has 252 valence electrons. The molecule has 1 aliphatic rings. The maximum absolute atomic E-state index is 14.2. The number of alkyl carbamates (subject to hydrolysis) is 1. The lowest BCUT2D eigenvalue weighted by Gasteiger charge is -2.31. The zero-order valence-corrected chi connectivity index (χ0v) is 28.8. The molecule has 2 N–H and O–H groups in total. The number of ketones is 1. The molecule has 1 aliphatic heterocycles. The Morgan fingerprint density at radius 2 is 1.44 bits per heavy atom. The summed E-state index contributed by atoms with van der Waals surface area (Å²) in [5, 5.41) is 6.35. The van der Waals surface area contributed by atoms with Crippen molar-refractivity contribution in [2.45, 2.75) is 53.2 Å². The normalized spacial score (nSPS) is 17.1. The molecule has 10 heteroatoms. The molecule has 0 bridgehead atoms. The fourth-order valence-electron chi connectivity index (χ4n) is 6.04. The maximum Gasteiger partial charge on any atom is 0.407 e. The van der Waals surface area contributed by atoms with E-state index in [0.29, 0.717) is 4.90 Å². The molecule has 5 rings (SSSR count). The lowest BCUT2D eigenvalue weighted by atomic mass is 9.81. The van der Waals surface area contributed by atoms with Gasteiger partial charge in [-0.2, -0.15) is 0 Å². The van der Waals surface area contributed by atoms with E-state index < -0.39 is 27.9 Å². The minimum Gasteiger partial charge on any atom is -0.453 e. The molecule has 0 unspecified atom stereocenters. The van der Waals surface area contributed by atoms with Crippen LogP contribution in [0.15, 0.2) is 119 Å². The largest absolute Gasteiger partial charge is 0.453 e. The summed E-state index contributed by atoms with van der Waals surface area (Å²) in [6, 6.07) is 33.6. The van der Waals surface area contributed by atoms with Crippen LogP contribution in [0.5, 0.6) is 0 Å². The fourth-order valence-corrected chi connectivity index (χ4v) is 7.57. The van der Waals surface area contributed by atoms with E-state index in [2.05, 4.69) is 16.7 Å². The number of morpholine rings is 1. The number of benzene rings is 4. The Morgan fingerprint density at radius 3 is 2.04 bits per heavy atom. The summed E-state index contributed by atoms with van der Waals surface area (Å²) in [6.07, 6.45) is 2.25. The van der Waals surface area contributed by atoms with Crippen molar-refractivity contribution in [3.05, 3.63) is 131 Å². The van der Waals surface area contributed by atoms with Gasteiger partial charge in [-0.15, -0.1) is 11.8 Å². The van der Waals surface area contributed by atoms with Gasteiger partial charge in [0.05, 0.1) is 24.2 Å². The van der Waals surface area contributed by atoms with Crippen LogP contribution in [-0.2, 0) is 36.9 Å². The van der Waals surface area contributed by atoms with Crippen molar-refractivity contribution in [3.63, 3.8) is 0 Å². The van der Waals surface area contributed by atoms with Crippen LogP contribution in [0.4, 0.5) is 4.79 Å². The Balaban J connectivity index is 1.25. The van der Waals surface area contributed by atoms with Crippen LogP contribution < -0.4 is 10.6 Å². The van der Waals surface area contributed by atoms with Gasteiger partial charge < -0.3 is 20.1 Å². The van der Waals surface area contributed by atoms with Crippen LogP contribution in [0.25, 0.3) is 0 Å². The van der Waals surface area contributed by atoms with Gasteiger partial charge in [0.2, 0.25) is 0 Å². The topological polar surface area (TPSA) is 111 Å². The molecule has 48 heavy (non-hydrogen) atoms. The molecule has 4 aromatic rings. The second-order valence-corrected chi connectivity index (χ2v) is 15.1. The van der Waals surface area contributed by atoms with E-state index in [1.165, 1.54) is 13.4 Å². The number of carbonyl (C=O) groups is 2. The van der Waals surface area contributed by atoms with Gasteiger partial charge in [-0.25, -0.2) is 13.2 Å². The first-order valence-corrected chi connectivity index (χ1v) is 18.9. The smallest absolute Gasteiger partial charge is 0.407 e. The van der Waals surface area contributed by atoms with Gasteiger partial charge in [-0.1, -0.05) is 84.9 Å². The second kappa shape index (κ2) is 16.9. The van der Waals surface area contributed by atoms with Gasteiger partial charge >= 0.3 is 6.09 Å². The van der Waals surface area contributed by atoms with Crippen LogP contribution in [0.3, 0.4) is 0 Å². The Bertz CT molecular complexity index is 1710. The van der Waals surface area contributed by atoms with Crippen molar-refractivity contribution in [1.82, 2.24) is 10.6 Å². The molecule has 3 atom stereocenters. The first-order chi connectivity index (χ1) is 23.2. The highest BCUT2D eigenvalue weighted by Crippen LogP contribution is 2.30. The van der Waals surface area contributed by atoms with E-state index >= 15 is 0 Å². The third kappa shape index (κ3) is 9.79. The molecule has 1 fully saturated rings. The molecule has 4 aromatic carbocycles. The van der Waals surface area contributed by atoms with Gasteiger partial charge in [0, 0.05) is 42.3 Å². The number of thioether (sulfide) groups is 1. The van der Waals surface area contributed by atoms with Gasteiger partial charge in [-0.05, 0) is 59.4 Å². The summed E-state index contributed by atoms with van der Waals surface area (Å²) in [5.41, 5.74) is 3.84. The molecular weight excluding hydrogens is 645 g/mol. The Kier molecular flexibility index (Phi) is 12.5. The average molecular weight is 687 g/mol. The van der Waals surface area contributed by atoms with Crippen molar-refractivity contribution in [3.8, 4) is 0 Å². The Morgan fingerprint density at radius 1 is 0.854 bits per heavy atom. The molecular formula is C38H42N2O6S2. The van der Waals surface area contributed by atoms with Crippen molar-refractivity contribution < 1.29 is 27.5 Å². The van der Waals surface area contributed by atoms with E-state index in [1.54, 1.807) is 23.9 Å². The number of rotatable bonds is 14. The van der Waals surface area contributed by atoms with Gasteiger partial charge in [0.1, 0.15) is 6.04 Å². The zero-order valence-electron chi connectivity index (χ0n) is 27.2. The highest BCUT2D eigenvalue weighted by molar-refractivity contribution is 7.99. The number of Topliss-reactive ketones (excluding diaryl/α,β-unsaturated/α-hetero) is 1. The van der Waals surface area contributed by atoms with Crippen molar-refractivity contribution in [2.75, 3.05) is 32.2 Å².